The van der Waals surface area contributed by atoms with Gasteiger partial charge in [0.25, 0.3) is 11.1 Å². The lowest BCUT2D eigenvalue weighted by Crippen LogP contribution is -2.41. The third-order valence-corrected chi connectivity index (χ3v) is 5.98. The van der Waals surface area contributed by atoms with Crippen LogP contribution in [0.15, 0.2) is 36.4 Å². The standard InChI is InChI=1S/C20H18ClFN2O2S/c1-12-3-2-4-17-18(12)23-20(27-17)26-14-7-9-24(10-8-14)19(25)15-6-5-13(22)11-16(15)21/h2-6,11,14H,7-10H2,1H3. The van der Waals surface area contributed by atoms with Gasteiger partial charge in [0.2, 0.25) is 0 Å². The number of rotatable bonds is 3. The number of piperidine rings is 1. The van der Waals surface area contributed by atoms with Gasteiger partial charge in [0.05, 0.1) is 20.8 Å². The van der Waals surface area contributed by atoms with Crippen LogP contribution in [0.1, 0.15) is 28.8 Å². The van der Waals surface area contributed by atoms with Crippen LogP contribution in [0.3, 0.4) is 0 Å². The van der Waals surface area contributed by atoms with Crippen LogP contribution in [-0.4, -0.2) is 35.0 Å². The number of aromatic nitrogens is 1. The topological polar surface area (TPSA) is 42.4 Å². The number of amides is 1. The van der Waals surface area contributed by atoms with Gasteiger partial charge in [-0.3, -0.25) is 4.79 Å². The van der Waals surface area contributed by atoms with Crippen molar-refractivity contribution in [3.8, 4) is 5.19 Å². The lowest BCUT2D eigenvalue weighted by Gasteiger charge is -2.31. The Hall–Kier alpha value is -2.18. The van der Waals surface area contributed by atoms with E-state index in [9.17, 15) is 9.18 Å². The van der Waals surface area contributed by atoms with Gasteiger partial charge in [-0.05, 0) is 36.8 Å². The zero-order valence-corrected chi connectivity index (χ0v) is 16.3. The molecule has 7 heteroatoms. The van der Waals surface area contributed by atoms with Crippen molar-refractivity contribution in [1.82, 2.24) is 9.88 Å². The monoisotopic (exact) mass is 404 g/mol. The van der Waals surface area contributed by atoms with Crippen LogP contribution < -0.4 is 4.74 Å². The van der Waals surface area contributed by atoms with E-state index in [0.29, 0.717) is 23.8 Å². The van der Waals surface area contributed by atoms with Crippen LogP contribution in [0.4, 0.5) is 4.39 Å². The molecule has 0 bridgehead atoms. The molecule has 4 rings (SSSR count). The summed E-state index contributed by atoms with van der Waals surface area (Å²) in [5, 5.41) is 0.814. The first kappa shape index (κ1) is 18.2. The van der Waals surface area contributed by atoms with Gasteiger partial charge in [-0.25, -0.2) is 9.37 Å². The molecule has 0 aliphatic carbocycles. The summed E-state index contributed by atoms with van der Waals surface area (Å²) in [6.45, 7) is 3.18. The number of hydrogen-bond donors (Lipinski definition) is 0. The predicted octanol–water partition coefficient (Wildman–Crippen LogP) is 5.08. The molecule has 140 valence electrons. The number of carbonyl (C=O) groups is 1. The first-order chi connectivity index (χ1) is 13.0. The van der Waals surface area contributed by atoms with Crippen LogP contribution in [0, 0.1) is 12.7 Å². The molecule has 4 nitrogen and oxygen atoms in total. The predicted molar refractivity (Wildman–Crippen MR) is 105 cm³/mol. The number of hydrogen-bond acceptors (Lipinski definition) is 4. The van der Waals surface area contributed by atoms with Crippen molar-refractivity contribution < 1.29 is 13.9 Å². The molecule has 0 spiro atoms. The first-order valence-electron chi connectivity index (χ1n) is 8.78. The van der Waals surface area contributed by atoms with Crippen molar-refractivity contribution in [2.24, 2.45) is 0 Å². The maximum absolute atomic E-state index is 13.2. The summed E-state index contributed by atoms with van der Waals surface area (Å²) in [6.07, 6.45) is 1.47. The highest BCUT2D eigenvalue weighted by molar-refractivity contribution is 7.20. The average molecular weight is 405 g/mol. The second kappa shape index (κ2) is 7.44. The molecule has 1 aliphatic heterocycles. The Morgan fingerprint density at radius 1 is 1.30 bits per heavy atom. The molecule has 1 aromatic heterocycles. The maximum Gasteiger partial charge on any atom is 0.274 e. The average Bonchev–Trinajstić information content (AvgIpc) is 3.06. The molecular formula is C20H18ClFN2O2S. The van der Waals surface area contributed by atoms with E-state index in [1.165, 1.54) is 18.2 Å². The summed E-state index contributed by atoms with van der Waals surface area (Å²) < 4.78 is 20.4. The summed E-state index contributed by atoms with van der Waals surface area (Å²) in [5.41, 5.74) is 2.45. The minimum atomic E-state index is -0.449. The van der Waals surface area contributed by atoms with Gasteiger partial charge in [-0.1, -0.05) is 35.1 Å². The molecule has 3 aromatic rings. The second-order valence-corrected chi connectivity index (χ2v) is 8.04. The highest BCUT2D eigenvalue weighted by atomic mass is 35.5. The van der Waals surface area contributed by atoms with Crippen molar-refractivity contribution >= 4 is 39.1 Å². The van der Waals surface area contributed by atoms with E-state index in [1.807, 2.05) is 25.1 Å². The molecule has 2 heterocycles. The minimum Gasteiger partial charge on any atom is -0.467 e. The Bertz CT molecular complexity index is 999. The van der Waals surface area contributed by atoms with Crippen LogP contribution in [-0.2, 0) is 0 Å². The zero-order valence-electron chi connectivity index (χ0n) is 14.7. The van der Waals surface area contributed by atoms with Crippen molar-refractivity contribution in [2.75, 3.05) is 13.1 Å². The van der Waals surface area contributed by atoms with Gasteiger partial charge in [-0.2, -0.15) is 0 Å². The third kappa shape index (κ3) is 3.77. The molecule has 0 saturated carbocycles. The fourth-order valence-corrected chi connectivity index (χ4v) is 4.48. The van der Waals surface area contributed by atoms with E-state index in [0.717, 1.165) is 28.6 Å². The van der Waals surface area contributed by atoms with Crippen LogP contribution in [0.2, 0.25) is 5.02 Å². The van der Waals surface area contributed by atoms with Crippen LogP contribution >= 0.6 is 22.9 Å². The number of carbonyl (C=O) groups excluding carboxylic acids is 1. The van der Waals surface area contributed by atoms with E-state index in [-0.39, 0.29) is 17.0 Å². The minimum absolute atomic E-state index is 0.0265. The Morgan fingerprint density at radius 3 is 2.78 bits per heavy atom. The fraction of sp³-hybridized carbons (Fsp3) is 0.300. The van der Waals surface area contributed by atoms with E-state index in [2.05, 4.69) is 4.98 Å². The van der Waals surface area contributed by atoms with Gasteiger partial charge < -0.3 is 9.64 Å². The number of aryl methyl sites for hydroxylation is 1. The summed E-state index contributed by atoms with van der Waals surface area (Å²) in [4.78, 5) is 18.9. The number of likely N-dealkylation sites (tertiary alicyclic amines) is 1. The molecule has 1 aliphatic rings. The molecule has 1 fully saturated rings. The number of para-hydroxylation sites is 1. The molecule has 0 atom stereocenters. The summed E-state index contributed by atoms with van der Waals surface area (Å²) in [7, 11) is 0. The number of nitrogens with zero attached hydrogens (tertiary/aromatic N) is 2. The first-order valence-corrected chi connectivity index (χ1v) is 9.98. The number of ether oxygens (including phenoxy) is 1. The summed E-state index contributed by atoms with van der Waals surface area (Å²) in [5.74, 6) is -0.621. The Morgan fingerprint density at radius 2 is 2.07 bits per heavy atom. The quantitative estimate of drug-likeness (QED) is 0.611. The third-order valence-electron chi connectivity index (χ3n) is 4.76. The molecule has 1 saturated heterocycles. The summed E-state index contributed by atoms with van der Waals surface area (Å²) in [6, 6.07) is 9.96. The number of fused-ring (bicyclic) bond motifs is 1. The SMILES string of the molecule is Cc1cccc2sc(OC3CCN(C(=O)c4ccc(F)cc4Cl)CC3)nc12. The number of benzene rings is 2. The van der Waals surface area contributed by atoms with E-state index >= 15 is 0 Å². The molecule has 0 radical (unpaired) electrons. The Kier molecular flexibility index (Phi) is 5.02. The van der Waals surface area contributed by atoms with Gasteiger partial charge in [0.1, 0.15) is 11.9 Å². The van der Waals surface area contributed by atoms with Crippen molar-refractivity contribution in [3.05, 3.63) is 58.4 Å². The summed E-state index contributed by atoms with van der Waals surface area (Å²) >= 11 is 7.56. The van der Waals surface area contributed by atoms with Gasteiger partial charge in [0, 0.05) is 25.9 Å². The molecule has 27 heavy (non-hydrogen) atoms. The Labute approximate surface area is 165 Å². The van der Waals surface area contributed by atoms with Gasteiger partial charge >= 0.3 is 0 Å². The number of thiazole rings is 1. The van der Waals surface area contributed by atoms with Gasteiger partial charge in [-0.15, -0.1) is 0 Å². The highest BCUT2D eigenvalue weighted by Crippen LogP contribution is 2.31. The largest absolute Gasteiger partial charge is 0.467 e. The highest BCUT2D eigenvalue weighted by Gasteiger charge is 2.26. The smallest absolute Gasteiger partial charge is 0.274 e. The molecule has 2 aromatic carbocycles. The lowest BCUT2D eigenvalue weighted by atomic mass is 10.1. The Balaban J connectivity index is 1.39. The van der Waals surface area contributed by atoms with E-state index in [4.69, 9.17) is 16.3 Å². The van der Waals surface area contributed by atoms with E-state index < -0.39 is 5.82 Å². The van der Waals surface area contributed by atoms with Crippen molar-refractivity contribution in [3.63, 3.8) is 0 Å². The second-order valence-electron chi connectivity index (χ2n) is 6.64. The van der Waals surface area contributed by atoms with Crippen LogP contribution in [0.5, 0.6) is 5.19 Å². The lowest BCUT2D eigenvalue weighted by molar-refractivity contribution is 0.0595. The fourth-order valence-electron chi connectivity index (χ4n) is 3.27. The van der Waals surface area contributed by atoms with Crippen LogP contribution in [0.25, 0.3) is 10.2 Å². The normalized spacial score (nSPS) is 15.3. The number of halogens is 2. The maximum atomic E-state index is 13.2. The molecule has 1 amide bonds. The van der Waals surface area contributed by atoms with Gasteiger partial charge in [0.15, 0.2) is 0 Å². The van der Waals surface area contributed by atoms with E-state index in [1.54, 1.807) is 16.2 Å². The molecule has 0 unspecified atom stereocenters. The zero-order chi connectivity index (χ0) is 19.0. The van der Waals surface area contributed by atoms with Crippen molar-refractivity contribution in [1.29, 1.82) is 0 Å². The molecule has 0 N–H and O–H groups in total. The molecular weight excluding hydrogens is 387 g/mol. The van der Waals surface area contributed by atoms with Crippen molar-refractivity contribution in [2.45, 2.75) is 25.9 Å².